The summed E-state index contributed by atoms with van der Waals surface area (Å²) in [7, 11) is 0. The summed E-state index contributed by atoms with van der Waals surface area (Å²) in [6, 6.07) is 18.9. The van der Waals surface area contributed by atoms with Crippen molar-refractivity contribution in [2.24, 2.45) is 0 Å². The van der Waals surface area contributed by atoms with Gasteiger partial charge in [0.05, 0.1) is 0 Å². The van der Waals surface area contributed by atoms with E-state index in [9.17, 15) is 0 Å². The molecule has 0 amide bonds. The van der Waals surface area contributed by atoms with Crippen molar-refractivity contribution >= 4 is 46.4 Å². The van der Waals surface area contributed by atoms with E-state index in [4.69, 9.17) is 46.4 Å². The maximum atomic E-state index is 6.28. The molecule has 0 saturated carbocycles. The number of rotatable bonds is 3. The van der Waals surface area contributed by atoms with Gasteiger partial charge < -0.3 is 0 Å². The zero-order valence-corrected chi connectivity index (χ0v) is 17.5. The molecule has 2 nitrogen and oxygen atoms in total. The molecule has 2 aromatic heterocycles. The number of benzene rings is 2. The van der Waals surface area contributed by atoms with Crippen molar-refractivity contribution < 1.29 is 9.13 Å². The summed E-state index contributed by atoms with van der Waals surface area (Å²) in [5, 5.41) is 2.56. The Morgan fingerprint density at radius 2 is 0.821 bits per heavy atom. The molecule has 0 radical (unpaired) electrons. The SMILES string of the molecule is Clc1ccc(Cl)c(-[n+]2ccc(-c3cc[n+](-c4cc(Cl)ccc4Cl)cc3)cc2)c1. The van der Waals surface area contributed by atoms with Gasteiger partial charge >= 0.3 is 0 Å². The van der Waals surface area contributed by atoms with E-state index < -0.39 is 0 Å². The second kappa shape index (κ2) is 8.10. The van der Waals surface area contributed by atoms with Crippen LogP contribution in [-0.2, 0) is 0 Å². The molecule has 0 spiro atoms. The van der Waals surface area contributed by atoms with Crippen molar-refractivity contribution in [3.05, 3.63) is 106 Å². The minimum atomic E-state index is 0.640. The van der Waals surface area contributed by atoms with E-state index >= 15 is 0 Å². The highest BCUT2D eigenvalue weighted by molar-refractivity contribution is 6.34. The molecule has 4 rings (SSSR count). The predicted octanol–water partition coefficient (Wildman–Crippen LogP) is 6.52. The summed E-state index contributed by atoms with van der Waals surface area (Å²) in [5.41, 5.74) is 3.84. The van der Waals surface area contributed by atoms with E-state index in [1.165, 1.54) is 0 Å². The zero-order chi connectivity index (χ0) is 19.7. The molecule has 0 unspecified atom stereocenters. The van der Waals surface area contributed by atoms with Crippen molar-refractivity contribution in [2.75, 3.05) is 0 Å². The smallest absolute Gasteiger partial charge is 0.166 e. The fraction of sp³-hybridized carbons (Fsp3) is 0. The highest BCUT2D eigenvalue weighted by atomic mass is 35.5. The van der Waals surface area contributed by atoms with Crippen LogP contribution in [0.1, 0.15) is 0 Å². The van der Waals surface area contributed by atoms with Gasteiger partial charge in [-0.2, -0.15) is 9.13 Å². The minimum absolute atomic E-state index is 0.640. The van der Waals surface area contributed by atoms with Gasteiger partial charge in [0.1, 0.15) is 10.0 Å². The third kappa shape index (κ3) is 4.01. The average Bonchev–Trinajstić information content (AvgIpc) is 2.72. The van der Waals surface area contributed by atoms with Gasteiger partial charge in [-0.05, 0) is 35.4 Å². The van der Waals surface area contributed by atoms with E-state index in [1.807, 2.05) is 70.3 Å². The maximum Gasteiger partial charge on any atom is 0.230 e. The molecule has 2 aromatic carbocycles. The summed E-state index contributed by atoms with van der Waals surface area (Å²) < 4.78 is 3.87. The Morgan fingerprint density at radius 3 is 1.18 bits per heavy atom. The zero-order valence-electron chi connectivity index (χ0n) is 14.5. The van der Waals surface area contributed by atoms with Crippen molar-refractivity contribution in [3.63, 3.8) is 0 Å². The molecule has 0 aliphatic heterocycles. The van der Waals surface area contributed by atoms with Crippen LogP contribution in [-0.4, -0.2) is 0 Å². The summed E-state index contributed by atoms with van der Waals surface area (Å²) >= 11 is 24.7. The standard InChI is InChI=1S/C22H14Cl4N2/c23-17-1-3-19(25)21(13-17)27-9-5-15(6-10-27)16-7-11-28(12-8-16)22-14-18(24)2-4-20(22)26/h1-14H/q+2. The highest BCUT2D eigenvalue weighted by Gasteiger charge is 2.14. The Kier molecular flexibility index (Phi) is 5.56. The van der Waals surface area contributed by atoms with E-state index in [2.05, 4.69) is 0 Å². The third-order valence-corrected chi connectivity index (χ3v) is 5.47. The van der Waals surface area contributed by atoms with Crippen LogP contribution in [0.25, 0.3) is 22.5 Å². The lowest BCUT2D eigenvalue weighted by molar-refractivity contribution is -0.596. The summed E-state index contributed by atoms with van der Waals surface area (Å²) in [4.78, 5) is 0. The molecule has 0 fully saturated rings. The van der Waals surface area contributed by atoms with Gasteiger partial charge in [-0.15, -0.1) is 0 Å². The van der Waals surface area contributed by atoms with E-state index in [0.717, 1.165) is 22.5 Å². The van der Waals surface area contributed by atoms with E-state index in [1.54, 1.807) is 24.3 Å². The van der Waals surface area contributed by atoms with Crippen LogP contribution >= 0.6 is 46.4 Å². The van der Waals surface area contributed by atoms with Gasteiger partial charge in [-0.1, -0.05) is 46.4 Å². The van der Waals surface area contributed by atoms with Crippen LogP contribution in [0.3, 0.4) is 0 Å². The number of hydrogen-bond acceptors (Lipinski definition) is 0. The Balaban J connectivity index is 1.63. The minimum Gasteiger partial charge on any atom is -0.166 e. The molecule has 6 heteroatoms. The van der Waals surface area contributed by atoms with Gasteiger partial charge in [0, 0.05) is 46.4 Å². The Hall–Kier alpha value is -2.10. The molecule has 0 N–H and O–H groups in total. The molecule has 0 saturated heterocycles. The number of halogens is 4. The van der Waals surface area contributed by atoms with Gasteiger partial charge in [-0.25, -0.2) is 0 Å². The van der Waals surface area contributed by atoms with E-state index in [0.29, 0.717) is 20.1 Å². The summed E-state index contributed by atoms with van der Waals surface area (Å²) in [6.07, 6.45) is 7.84. The first-order valence-electron chi connectivity index (χ1n) is 8.45. The molecular formula is C22H14Cl4N2+2. The van der Waals surface area contributed by atoms with Gasteiger partial charge in [0.2, 0.25) is 11.4 Å². The van der Waals surface area contributed by atoms with Crippen molar-refractivity contribution in [2.45, 2.75) is 0 Å². The molecule has 0 aliphatic carbocycles. The topological polar surface area (TPSA) is 7.76 Å². The largest absolute Gasteiger partial charge is 0.230 e. The summed E-state index contributed by atoms with van der Waals surface area (Å²) in [5.74, 6) is 0. The molecular weight excluding hydrogens is 434 g/mol. The molecule has 0 atom stereocenters. The average molecular weight is 448 g/mol. The Bertz CT molecular complexity index is 1050. The predicted molar refractivity (Wildman–Crippen MR) is 115 cm³/mol. The third-order valence-electron chi connectivity index (χ3n) is 4.36. The normalized spacial score (nSPS) is 10.9. The second-order valence-corrected chi connectivity index (χ2v) is 7.87. The highest BCUT2D eigenvalue weighted by Crippen LogP contribution is 2.23. The first-order valence-corrected chi connectivity index (χ1v) is 9.96. The number of hydrogen-bond donors (Lipinski definition) is 0. The fourth-order valence-electron chi connectivity index (χ4n) is 2.93. The first kappa shape index (κ1) is 19.2. The summed E-state index contributed by atoms with van der Waals surface area (Å²) in [6.45, 7) is 0. The van der Waals surface area contributed by atoms with E-state index in [-0.39, 0.29) is 0 Å². The van der Waals surface area contributed by atoms with Gasteiger partial charge in [-0.3, -0.25) is 0 Å². The van der Waals surface area contributed by atoms with Gasteiger partial charge in [0.25, 0.3) is 0 Å². The number of nitrogens with zero attached hydrogens (tertiary/aromatic N) is 2. The Labute approximate surface area is 183 Å². The van der Waals surface area contributed by atoms with Crippen LogP contribution in [0.2, 0.25) is 20.1 Å². The number of aromatic nitrogens is 2. The Morgan fingerprint density at radius 1 is 0.464 bits per heavy atom. The molecule has 28 heavy (non-hydrogen) atoms. The lowest BCUT2D eigenvalue weighted by atomic mass is 10.1. The van der Waals surface area contributed by atoms with Crippen LogP contribution in [0.15, 0.2) is 85.5 Å². The fourth-order valence-corrected chi connectivity index (χ4v) is 3.69. The monoisotopic (exact) mass is 446 g/mol. The maximum absolute atomic E-state index is 6.28. The lowest BCUT2D eigenvalue weighted by Crippen LogP contribution is -2.30. The van der Waals surface area contributed by atoms with Crippen LogP contribution in [0.5, 0.6) is 0 Å². The lowest BCUT2D eigenvalue weighted by Gasteiger charge is -2.03. The van der Waals surface area contributed by atoms with Crippen molar-refractivity contribution in [1.82, 2.24) is 0 Å². The molecule has 4 aromatic rings. The first-order chi connectivity index (χ1) is 13.5. The quantitative estimate of drug-likeness (QED) is 0.316. The molecule has 2 heterocycles. The van der Waals surface area contributed by atoms with Crippen LogP contribution in [0.4, 0.5) is 0 Å². The number of pyridine rings is 2. The molecule has 0 aliphatic rings. The van der Waals surface area contributed by atoms with Crippen LogP contribution in [0, 0.1) is 0 Å². The molecule has 138 valence electrons. The van der Waals surface area contributed by atoms with Crippen LogP contribution < -0.4 is 9.13 Å². The van der Waals surface area contributed by atoms with Crippen molar-refractivity contribution in [1.29, 1.82) is 0 Å². The van der Waals surface area contributed by atoms with Gasteiger partial charge in [0.15, 0.2) is 24.8 Å². The second-order valence-electron chi connectivity index (χ2n) is 6.18. The van der Waals surface area contributed by atoms with Crippen molar-refractivity contribution in [3.8, 4) is 22.5 Å². The molecule has 0 bridgehead atoms.